The zero-order chi connectivity index (χ0) is 23.3. The van der Waals surface area contributed by atoms with Gasteiger partial charge < -0.3 is 10.1 Å². The number of hydrogen-bond donors (Lipinski definition) is 2. The third kappa shape index (κ3) is 3.48. The Hall–Kier alpha value is -3.61. The molecule has 1 aliphatic heterocycles. The second-order valence-electron chi connectivity index (χ2n) is 7.57. The minimum Gasteiger partial charge on any atom is -0.507 e. The Labute approximate surface area is 197 Å². The molecule has 0 radical (unpaired) electrons. The molecule has 0 spiro atoms. The summed E-state index contributed by atoms with van der Waals surface area (Å²) in [6.45, 7) is 0. The van der Waals surface area contributed by atoms with E-state index in [0.717, 1.165) is 5.52 Å². The first-order chi connectivity index (χ1) is 15.9. The van der Waals surface area contributed by atoms with E-state index in [9.17, 15) is 19.1 Å². The lowest BCUT2D eigenvalue weighted by atomic mass is 9.95. The van der Waals surface area contributed by atoms with Crippen LogP contribution in [0.15, 0.2) is 78.5 Å². The molecule has 33 heavy (non-hydrogen) atoms. The SMILES string of the molecule is O=C1C(=O)N(c2ccc(F)cc2)C(c2ccc(Cl)c(Cl)c2)/C1=C(/O)c1c[nH]c2ccccc12. The Morgan fingerprint density at radius 1 is 0.970 bits per heavy atom. The van der Waals surface area contributed by atoms with Crippen LogP contribution in [0.5, 0.6) is 0 Å². The highest BCUT2D eigenvalue weighted by Crippen LogP contribution is 2.44. The van der Waals surface area contributed by atoms with Gasteiger partial charge in [0.1, 0.15) is 11.6 Å². The van der Waals surface area contributed by atoms with Crippen molar-refractivity contribution in [2.24, 2.45) is 0 Å². The van der Waals surface area contributed by atoms with Crippen LogP contribution in [0.25, 0.3) is 16.7 Å². The highest BCUT2D eigenvalue weighted by molar-refractivity contribution is 6.52. The van der Waals surface area contributed by atoms with Crippen LogP contribution in [0, 0.1) is 5.82 Å². The molecule has 1 aliphatic rings. The Bertz CT molecular complexity index is 1460. The lowest BCUT2D eigenvalue weighted by Crippen LogP contribution is -2.29. The van der Waals surface area contributed by atoms with Crippen molar-refractivity contribution in [1.82, 2.24) is 4.98 Å². The Morgan fingerprint density at radius 3 is 2.42 bits per heavy atom. The topological polar surface area (TPSA) is 73.4 Å². The average molecular weight is 481 g/mol. The number of fused-ring (bicyclic) bond motifs is 1. The van der Waals surface area contributed by atoms with E-state index in [4.69, 9.17) is 23.2 Å². The van der Waals surface area contributed by atoms with Crippen LogP contribution < -0.4 is 4.90 Å². The largest absolute Gasteiger partial charge is 0.507 e. The molecule has 1 fully saturated rings. The van der Waals surface area contributed by atoms with Gasteiger partial charge in [0.25, 0.3) is 11.7 Å². The first-order valence-corrected chi connectivity index (χ1v) is 10.7. The number of hydrogen-bond acceptors (Lipinski definition) is 3. The summed E-state index contributed by atoms with van der Waals surface area (Å²) in [4.78, 5) is 30.6. The maximum atomic E-state index is 13.5. The van der Waals surface area contributed by atoms with Crippen LogP contribution >= 0.6 is 23.2 Å². The van der Waals surface area contributed by atoms with Crippen molar-refractivity contribution in [3.8, 4) is 0 Å². The molecule has 5 rings (SSSR count). The van der Waals surface area contributed by atoms with Gasteiger partial charge in [0, 0.05) is 28.4 Å². The van der Waals surface area contributed by atoms with Crippen molar-refractivity contribution in [3.05, 3.63) is 105 Å². The fraction of sp³-hybridized carbons (Fsp3) is 0.0400. The summed E-state index contributed by atoms with van der Waals surface area (Å²) in [7, 11) is 0. The Morgan fingerprint density at radius 2 is 1.70 bits per heavy atom. The number of nitrogens with one attached hydrogen (secondary N) is 1. The van der Waals surface area contributed by atoms with Crippen molar-refractivity contribution in [2.45, 2.75) is 6.04 Å². The molecule has 1 unspecified atom stereocenters. The molecule has 8 heteroatoms. The van der Waals surface area contributed by atoms with Crippen LogP contribution in [0.4, 0.5) is 10.1 Å². The van der Waals surface area contributed by atoms with Crippen LogP contribution in [0.2, 0.25) is 10.0 Å². The second-order valence-corrected chi connectivity index (χ2v) is 8.38. The van der Waals surface area contributed by atoms with Crippen LogP contribution in [0.1, 0.15) is 17.2 Å². The number of rotatable bonds is 3. The van der Waals surface area contributed by atoms with Gasteiger partial charge in [0.05, 0.1) is 21.7 Å². The van der Waals surface area contributed by atoms with Crippen molar-refractivity contribution in [1.29, 1.82) is 0 Å². The van der Waals surface area contributed by atoms with Crippen molar-refractivity contribution in [2.75, 3.05) is 4.90 Å². The van der Waals surface area contributed by atoms with Gasteiger partial charge in [0.2, 0.25) is 0 Å². The molecule has 1 amide bonds. The molecule has 1 saturated heterocycles. The molecule has 3 aromatic carbocycles. The van der Waals surface area contributed by atoms with Gasteiger partial charge in [-0.3, -0.25) is 14.5 Å². The lowest BCUT2D eigenvalue weighted by molar-refractivity contribution is -0.132. The van der Waals surface area contributed by atoms with Gasteiger partial charge in [-0.1, -0.05) is 47.5 Å². The highest BCUT2D eigenvalue weighted by atomic mass is 35.5. The van der Waals surface area contributed by atoms with Crippen LogP contribution in [0.3, 0.4) is 0 Å². The molecular weight excluding hydrogens is 466 g/mol. The maximum absolute atomic E-state index is 13.5. The summed E-state index contributed by atoms with van der Waals surface area (Å²) in [5.74, 6) is -2.52. The lowest BCUT2D eigenvalue weighted by Gasteiger charge is -2.25. The molecule has 1 atom stereocenters. The van der Waals surface area contributed by atoms with E-state index in [1.165, 1.54) is 29.2 Å². The normalized spacial score (nSPS) is 17.8. The summed E-state index contributed by atoms with van der Waals surface area (Å²) in [6, 6.07) is 16.2. The summed E-state index contributed by atoms with van der Waals surface area (Å²) in [6.07, 6.45) is 1.58. The number of anilines is 1. The molecule has 5 nitrogen and oxygen atoms in total. The van der Waals surface area contributed by atoms with E-state index >= 15 is 0 Å². The number of nitrogens with zero attached hydrogens (tertiary/aromatic N) is 1. The number of halogens is 3. The Balaban J connectivity index is 1.77. The van der Waals surface area contributed by atoms with E-state index in [-0.39, 0.29) is 16.4 Å². The van der Waals surface area contributed by atoms with E-state index in [2.05, 4.69) is 4.98 Å². The maximum Gasteiger partial charge on any atom is 0.300 e. The molecule has 164 valence electrons. The summed E-state index contributed by atoms with van der Waals surface area (Å²) in [5, 5.41) is 12.5. The first kappa shape index (κ1) is 21.2. The van der Waals surface area contributed by atoms with Gasteiger partial charge in [-0.05, 0) is 48.0 Å². The molecule has 1 aromatic heterocycles. The number of carbonyl (C=O) groups is 2. The number of ketones is 1. The van der Waals surface area contributed by atoms with Gasteiger partial charge in [-0.15, -0.1) is 0 Å². The summed E-state index contributed by atoms with van der Waals surface area (Å²) < 4.78 is 13.5. The zero-order valence-corrected chi connectivity index (χ0v) is 18.4. The Kier molecular flexibility index (Phi) is 5.19. The molecule has 2 N–H and O–H groups in total. The van der Waals surface area contributed by atoms with E-state index in [1.54, 1.807) is 36.5 Å². The number of Topliss-reactive ketones (excluding diaryl/α,β-unsaturated/α-hetero) is 1. The summed E-state index contributed by atoms with van der Waals surface area (Å²) in [5.41, 5.74) is 1.81. The third-order valence-corrected chi connectivity index (χ3v) is 6.39. The van der Waals surface area contributed by atoms with Gasteiger partial charge in [-0.2, -0.15) is 0 Å². The average Bonchev–Trinajstić information content (AvgIpc) is 3.35. The predicted octanol–water partition coefficient (Wildman–Crippen LogP) is 6.24. The number of benzene rings is 3. The van der Waals surface area contributed by atoms with Crippen LogP contribution in [-0.2, 0) is 9.59 Å². The van der Waals surface area contributed by atoms with E-state index in [0.29, 0.717) is 27.2 Å². The molecule has 0 bridgehead atoms. The number of aromatic amines is 1. The molecular formula is C25H15Cl2FN2O3. The number of H-pyrrole nitrogens is 1. The number of aliphatic hydroxyl groups excluding tert-OH is 1. The number of carbonyl (C=O) groups excluding carboxylic acids is 2. The van der Waals surface area contributed by atoms with Gasteiger partial charge in [0.15, 0.2) is 0 Å². The minimum absolute atomic E-state index is 0.104. The van der Waals surface area contributed by atoms with Crippen molar-refractivity contribution >= 4 is 57.2 Å². The van der Waals surface area contributed by atoms with Crippen LogP contribution in [-0.4, -0.2) is 21.8 Å². The molecule has 0 saturated carbocycles. The monoisotopic (exact) mass is 480 g/mol. The van der Waals surface area contributed by atoms with Crippen molar-refractivity contribution < 1.29 is 19.1 Å². The second kappa shape index (κ2) is 8.06. The number of aromatic nitrogens is 1. The fourth-order valence-corrected chi connectivity index (χ4v) is 4.42. The molecule has 4 aromatic rings. The quantitative estimate of drug-likeness (QED) is 0.207. The third-order valence-electron chi connectivity index (χ3n) is 5.65. The number of amides is 1. The standard InChI is InChI=1S/C25H15Cl2FN2O3/c26-18-10-5-13(11-19(18)27)22-21(23(31)17-12-29-20-4-2-1-3-16(17)20)24(32)25(33)30(22)15-8-6-14(28)7-9-15/h1-12,22,29,31H/b23-21-. The summed E-state index contributed by atoms with van der Waals surface area (Å²) >= 11 is 12.3. The molecule has 0 aliphatic carbocycles. The van der Waals surface area contributed by atoms with Crippen molar-refractivity contribution in [3.63, 3.8) is 0 Å². The number of para-hydroxylation sites is 1. The predicted molar refractivity (Wildman–Crippen MR) is 126 cm³/mol. The zero-order valence-electron chi connectivity index (χ0n) is 16.9. The fourth-order valence-electron chi connectivity index (χ4n) is 4.11. The minimum atomic E-state index is -1.00. The van der Waals surface area contributed by atoms with E-state index in [1.807, 2.05) is 12.1 Å². The van der Waals surface area contributed by atoms with Gasteiger partial charge >= 0.3 is 0 Å². The number of aliphatic hydroxyl groups is 1. The van der Waals surface area contributed by atoms with E-state index < -0.39 is 23.5 Å². The first-order valence-electron chi connectivity index (χ1n) is 9.95. The molecule has 2 heterocycles. The highest BCUT2D eigenvalue weighted by Gasteiger charge is 2.47. The smallest absolute Gasteiger partial charge is 0.300 e. The van der Waals surface area contributed by atoms with Gasteiger partial charge in [-0.25, -0.2) is 4.39 Å².